The van der Waals surface area contributed by atoms with Crippen LogP contribution < -0.4 is 5.32 Å². The lowest BCUT2D eigenvalue weighted by Gasteiger charge is -2.41. The number of hydrogen-bond acceptors (Lipinski definition) is 4. The van der Waals surface area contributed by atoms with Gasteiger partial charge < -0.3 is 9.47 Å². The first kappa shape index (κ1) is 23.3. The molecular weight excluding hydrogens is 400 g/mol. The molecular formula is C27H40N2O3. The topological polar surface area (TPSA) is 60.5 Å². The molecule has 2 saturated heterocycles. The van der Waals surface area contributed by atoms with Crippen molar-refractivity contribution >= 4 is 17.4 Å². The Balaban J connectivity index is 1.66. The molecule has 2 atom stereocenters. The van der Waals surface area contributed by atoms with Crippen LogP contribution in [-0.4, -0.2) is 27.9 Å². The Morgan fingerprint density at radius 1 is 1.09 bits per heavy atom. The molecule has 1 aliphatic carbocycles. The van der Waals surface area contributed by atoms with Crippen LogP contribution in [0, 0.1) is 5.41 Å². The van der Waals surface area contributed by atoms with Gasteiger partial charge in [-0.1, -0.05) is 19.9 Å². The van der Waals surface area contributed by atoms with Gasteiger partial charge in [-0.2, -0.15) is 0 Å². The number of pyridine rings is 1. The van der Waals surface area contributed by atoms with Gasteiger partial charge in [-0.05, 0) is 103 Å². The van der Waals surface area contributed by atoms with Crippen LogP contribution in [0.2, 0.25) is 0 Å². The first-order valence-corrected chi connectivity index (χ1v) is 12.2. The number of ether oxygens (including phenoxy) is 2. The fourth-order valence-electron chi connectivity index (χ4n) is 5.59. The minimum Gasteiger partial charge on any atom is -0.444 e. The number of nitrogens with one attached hydrogen (secondary N) is 1. The number of carbonyl (C=O) groups is 1. The zero-order valence-corrected chi connectivity index (χ0v) is 20.9. The van der Waals surface area contributed by atoms with Crippen molar-refractivity contribution in [3.63, 3.8) is 0 Å². The van der Waals surface area contributed by atoms with Crippen molar-refractivity contribution in [2.75, 3.05) is 5.32 Å². The third-order valence-electron chi connectivity index (χ3n) is 7.28. The molecule has 2 aliphatic heterocycles. The summed E-state index contributed by atoms with van der Waals surface area (Å²) in [5, 5.41) is 2.97. The van der Waals surface area contributed by atoms with E-state index in [4.69, 9.17) is 14.5 Å². The number of nitrogens with zero attached hydrogens (tertiary/aromatic N) is 1. The first-order valence-electron chi connectivity index (χ1n) is 12.2. The van der Waals surface area contributed by atoms with Crippen LogP contribution in [0.15, 0.2) is 18.2 Å². The highest BCUT2D eigenvalue weighted by atomic mass is 16.6. The number of fused-ring (bicyclic) bond motifs is 2. The van der Waals surface area contributed by atoms with Gasteiger partial charge in [-0.3, -0.25) is 10.3 Å². The van der Waals surface area contributed by atoms with Crippen LogP contribution in [0.3, 0.4) is 0 Å². The molecule has 0 radical (unpaired) electrons. The molecule has 2 bridgehead atoms. The van der Waals surface area contributed by atoms with Crippen LogP contribution in [0.1, 0.15) is 111 Å². The molecule has 2 fully saturated rings. The molecule has 0 spiro atoms. The lowest BCUT2D eigenvalue weighted by atomic mass is 9.77. The number of amides is 1. The molecule has 2 unspecified atom stereocenters. The van der Waals surface area contributed by atoms with Gasteiger partial charge in [0.2, 0.25) is 0 Å². The van der Waals surface area contributed by atoms with E-state index in [1.54, 1.807) is 0 Å². The van der Waals surface area contributed by atoms with Crippen molar-refractivity contribution in [2.24, 2.45) is 5.41 Å². The number of anilines is 1. The number of carbonyl (C=O) groups excluding carboxylic acids is 1. The zero-order chi connectivity index (χ0) is 23.4. The molecule has 1 N–H and O–H groups in total. The minimum absolute atomic E-state index is 0.0545. The average Bonchev–Trinajstić information content (AvgIpc) is 2.87. The van der Waals surface area contributed by atoms with E-state index >= 15 is 0 Å². The van der Waals surface area contributed by atoms with Gasteiger partial charge in [0.05, 0.1) is 22.6 Å². The Kier molecular flexibility index (Phi) is 5.72. The smallest absolute Gasteiger partial charge is 0.412 e. The predicted octanol–water partition coefficient (Wildman–Crippen LogP) is 7.23. The van der Waals surface area contributed by atoms with E-state index in [1.165, 1.54) is 5.57 Å². The molecule has 1 amide bonds. The van der Waals surface area contributed by atoms with Gasteiger partial charge in [0, 0.05) is 11.6 Å². The minimum atomic E-state index is -0.544. The Morgan fingerprint density at radius 2 is 1.75 bits per heavy atom. The molecule has 4 rings (SSSR count). The van der Waals surface area contributed by atoms with E-state index in [0.717, 1.165) is 62.0 Å². The fraction of sp³-hybridized carbons (Fsp3) is 0.704. The van der Waals surface area contributed by atoms with Crippen LogP contribution in [-0.2, 0) is 9.47 Å². The van der Waals surface area contributed by atoms with Crippen LogP contribution in [0.5, 0.6) is 0 Å². The van der Waals surface area contributed by atoms with Crippen molar-refractivity contribution in [1.82, 2.24) is 4.98 Å². The Hall–Kier alpha value is -1.88. The second kappa shape index (κ2) is 7.86. The molecule has 5 heteroatoms. The maximum absolute atomic E-state index is 12.5. The van der Waals surface area contributed by atoms with Gasteiger partial charge in [0.1, 0.15) is 5.60 Å². The van der Waals surface area contributed by atoms with E-state index in [0.29, 0.717) is 11.3 Å². The predicted molar refractivity (Wildman–Crippen MR) is 129 cm³/mol. The maximum atomic E-state index is 12.5. The van der Waals surface area contributed by atoms with Gasteiger partial charge in [-0.25, -0.2) is 4.79 Å². The third-order valence-corrected chi connectivity index (χ3v) is 7.28. The highest BCUT2D eigenvalue weighted by Gasteiger charge is 2.50. The van der Waals surface area contributed by atoms with Gasteiger partial charge in [0.15, 0.2) is 0 Å². The van der Waals surface area contributed by atoms with E-state index in [-0.39, 0.29) is 11.2 Å². The summed E-state index contributed by atoms with van der Waals surface area (Å²) in [6, 6.07) is 4.11. The molecule has 0 saturated carbocycles. The summed E-state index contributed by atoms with van der Waals surface area (Å²) < 4.78 is 11.9. The summed E-state index contributed by atoms with van der Waals surface area (Å²) in [5.74, 6) is 0.371. The lowest BCUT2D eigenvalue weighted by molar-refractivity contribution is -0.127. The Labute approximate surface area is 193 Å². The Morgan fingerprint density at radius 3 is 2.31 bits per heavy atom. The fourth-order valence-corrected chi connectivity index (χ4v) is 5.59. The van der Waals surface area contributed by atoms with Crippen molar-refractivity contribution in [1.29, 1.82) is 0 Å². The molecule has 1 aromatic heterocycles. The van der Waals surface area contributed by atoms with E-state index in [1.807, 2.05) is 26.8 Å². The molecule has 3 heterocycles. The molecule has 176 valence electrons. The van der Waals surface area contributed by atoms with Gasteiger partial charge >= 0.3 is 6.09 Å². The quantitative estimate of drug-likeness (QED) is 0.539. The summed E-state index contributed by atoms with van der Waals surface area (Å²) in [7, 11) is 0. The van der Waals surface area contributed by atoms with E-state index < -0.39 is 11.7 Å². The van der Waals surface area contributed by atoms with Gasteiger partial charge in [0.25, 0.3) is 0 Å². The number of allylic oxidation sites excluding steroid dienone is 2. The van der Waals surface area contributed by atoms with E-state index in [2.05, 4.69) is 45.2 Å². The highest BCUT2D eigenvalue weighted by Crippen LogP contribution is 2.53. The second-order valence-corrected chi connectivity index (χ2v) is 12.5. The average molecular weight is 441 g/mol. The van der Waals surface area contributed by atoms with Crippen LogP contribution in [0.25, 0.3) is 5.57 Å². The lowest BCUT2D eigenvalue weighted by Crippen LogP contribution is -2.40. The molecule has 3 aliphatic rings. The van der Waals surface area contributed by atoms with E-state index in [9.17, 15) is 4.79 Å². The van der Waals surface area contributed by atoms with Crippen molar-refractivity contribution in [3.05, 3.63) is 29.6 Å². The third kappa shape index (κ3) is 5.19. The second-order valence-electron chi connectivity index (χ2n) is 12.5. The number of aromatic nitrogens is 1. The number of hydrogen-bond donors (Lipinski definition) is 1. The zero-order valence-electron chi connectivity index (χ0n) is 20.9. The summed E-state index contributed by atoms with van der Waals surface area (Å²) in [6.45, 7) is 14.7. The molecule has 0 aromatic carbocycles. The SMILES string of the molecule is CC1(C)CC=C(c2nc(C3CC4(C)CCC(C)(C3)O4)ccc2NC(=O)OC(C)(C)C)CC1. The normalized spacial score (nSPS) is 31.7. The first-order chi connectivity index (χ1) is 14.8. The number of rotatable bonds is 3. The molecule has 32 heavy (non-hydrogen) atoms. The largest absolute Gasteiger partial charge is 0.444 e. The molecule has 1 aromatic rings. The van der Waals surface area contributed by atoms with Crippen molar-refractivity contribution in [3.8, 4) is 0 Å². The van der Waals surface area contributed by atoms with Crippen LogP contribution in [0.4, 0.5) is 10.5 Å². The summed E-state index contributed by atoms with van der Waals surface area (Å²) in [6.07, 6.45) is 9.21. The van der Waals surface area contributed by atoms with Crippen molar-refractivity contribution in [2.45, 2.75) is 116 Å². The highest BCUT2D eigenvalue weighted by molar-refractivity contribution is 5.89. The maximum Gasteiger partial charge on any atom is 0.412 e. The summed E-state index contributed by atoms with van der Waals surface area (Å²) in [4.78, 5) is 17.7. The summed E-state index contributed by atoms with van der Waals surface area (Å²) in [5.41, 5.74) is 3.63. The van der Waals surface area contributed by atoms with Crippen LogP contribution >= 0.6 is 0 Å². The van der Waals surface area contributed by atoms with Gasteiger partial charge in [-0.15, -0.1) is 0 Å². The molecule has 5 nitrogen and oxygen atoms in total. The summed E-state index contributed by atoms with van der Waals surface area (Å²) >= 11 is 0. The Bertz CT molecular complexity index is 911. The monoisotopic (exact) mass is 440 g/mol. The van der Waals surface area contributed by atoms with Crippen molar-refractivity contribution < 1.29 is 14.3 Å². The standard InChI is InChI=1S/C27H40N2O3/c1-24(2,3)31-23(30)29-21-9-8-20(19-16-26(6)14-15-27(7,17-19)32-26)28-22(21)18-10-12-25(4,5)13-11-18/h8-10,19H,11-17H2,1-7H3,(H,29,30).